The minimum atomic E-state index is -0.0680. The number of fused-ring (bicyclic) bond motifs is 1. The molecular weight excluding hydrogens is 350 g/mol. The van der Waals surface area contributed by atoms with Gasteiger partial charge in [0.15, 0.2) is 0 Å². The van der Waals surface area contributed by atoms with E-state index in [9.17, 15) is 4.79 Å². The number of hydrogen-bond acceptors (Lipinski definition) is 3. The summed E-state index contributed by atoms with van der Waals surface area (Å²) in [5, 5.41) is 3.53. The van der Waals surface area contributed by atoms with Crippen LogP contribution in [0, 0.1) is 0 Å². The molecule has 0 aromatic heterocycles. The van der Waals surface area contributed by atoms with Crippen LogP contribution in [0.15, 0.2) is 42.5 Å². The van der Waals surface area contributed by atoms with Crippen molar-refractivity contribution in [2.75, 3.05) is 38.1 Å². The van der Waals surface area contributed by atoms with E-state index in [2.05, 4.69) is 28.4 Å². The van der Waals surface area contributed by atoms with Crippen LogP contribution >= 0.6 is 11.6 Å². The van der Waals surface area contributed by atoms with Crippen LogP contribution in [-0.2, 0) is 13.0 Å². The zero-order valence-corrected chi connectivity index (χ0v) is 15.3. The summed E-state index contributed by atoms with van der Waals surface area (Å²) in [7, 11) is 0. The van der Waals surface area contributed by atoms with Gasteiger partial charge in [0.2, 0.25) is 0 Å². The number of piperazine rings is 1. The lowest BCUT2D eigenvalue weighted by atomic mass is 10.1. The van der Waals surface area contributed by atoms with Crippen LogP contribution in [0.1, 0.15) is 11.1 Å². The van der Waals surface area contributed by atoms with E-state index in [0.29, 0.717) is 5.02 Å². The van der Waals surface area contributed by atoms with E-state index in [-0.39, 0.29) is 6.03 Å². The van der Waals surface area contributed by atoms with E-state index in [0.717, 1.165) is 57.2 Å². The number of nitrogens with one attached hydrogen (secondary N) is 1. The van der Waals surface area contributed by atoms with Crippen molar-refractivity contribution in [3.05, 3.63) is 58.6 Å². The molecule has 2 amide bonds. The van der Waals surface area contributed by atoms with Crippen molar-refractivity contribution in [3.63, 3.8) is 0 Å². The SMILES string of the molecule is O=C(Nc1cccc(Cl)c1)N1CCN(Cc2ccc3c(c2)CCO3)CC1. The van der Waals surface area contributed by atoms with Crippen LogP contribution in [0.3, 0.4) is 0 Å². The molecule has 0 bridgehead atoms. The van der Waals surface area contributed by atoms with E-state index < -0.39 is 0 Å². The summed E-state index contributed by atoms with van der Waals surface area (Å²) in [6.45, 7) is 4.89. The Bertz CT molecular complexity index is 803. The van der Waals surface area contributed by atoms with Gasteiger partial charge in [0.1, 0.15) is 5.75 Å². The molecule has 4 rings (SSSR count). The first kappa shape index (κ1) is 17.2. The van der Waals surface area contributed by atoms with Crippen LogP contribution < -0.4 is 10.1 Å². The molecule has 2 aliphatic rings. The van der Waals surface area contributed by atoms with Gasteiger partial charge in [-0.3, -0.25) is 4.90 Å². The van der Waals surface area contributed by atoms with Gasteiger partial charge in [0, 0.05) is 49.9 Å². The standard InChI is InChI=1S/C20H22ClN3O2/c21-17-2-1-3-18(13-17)22-20(25)24-9-7-23(8-10-24)14-15-4-5-19-16(12-15)6-11-26-19/h1-5,12-13H,6-11,14H2,(H,22,25). The number of carbonyl (C=O) groups excluding carboxylic acids is 1. The lowest BCUT2D eigenvalue weighted by Gasteiger charge is -2.34. The van der Waals surface area contributed by atoms with E-state index in [1.165, 1.54) is 11.1 Å². The summed E-state index contributed by atoms with van der Waals surface area (Å²) in [6, 6.07) is 13.6. The van der Waals surface area contributed by atoms with Gasteiger partial charge in [-0.15, -0.1) is 0 Å². The number of urea groups is 1. The highest BCUT2D eigenvalue weighted by molar-refractivity contribution is 6.30. The third-order valence-electron chi connectivity index (χ3n) is 4.90. The molecule has 136 valence electrons. The zero-order valence-electron chi connectivity index (χ0n) is 14.6. The number of benzene rings is 2. The fraction of sp³-hybridized carbons (Fsp3) is 0.350. The first-order valence-corrected chi connectivity index (χ1v) is 9.34. The predicted octanol–water partition coefficient (Wildman–Crippen LogP) is 3.62. The molecule has 1 fully saturated rings. The number of anilines is 1. The number of halogens is 1. The lowest BCUT2D eigenvalue weighted by molar-refractivity contribution is 0.143. The number of amides is 2. The molecule has 0 saturated carbocycles. The number of nitrogens with zero attached hydrogens (tertiary/aromatic N) is 2. The van der Waals surface area contributed by atoms with Crippen LogP contribution in [0.5, 0.6) is 5.75 Å². The van der Waals surface area contributed by atoms with E-state index in [4.69, 9.17) is 16.3 Å². The highest BCUT2D eigenvalue weighted by Gasteiger charge is 2.22. The molecule has 1 saturated heterocycles. The summed E-state index contributed by atoms with van der Waals surface area (Å²) in [5.41, 5.74) is 3.35. The average Bonchev–Trinajstić information content (AvgIpc) is 3.10. The molecule has 6 heteroatoms. The second-order valence-corrected chi connectivity index (χ2v) is 7.18. The zero-order chi connectivity index (χ0) is 17.9. The van der Waals surface area contributed by atoms with Gasteiger partial charge in [-0.1, -0.05) is 29.8 Å². The number of carbonyl (C=O) groups is 1. The molecule has 0 spiro atoms. The Morgan fingerprint density at radius 3 is 2.77 bits per heavy atom. The normalized spacial score (nSPS) is 16.9. The predicted molar refractivity (Wildman–Crippen MR) is 103 cm³/mol. The van der Waals surface area contributed by atoms with Crippen molar-refractivity contribution >= 4 is 23.3 Å². The summed E-state index contributed by atoms with van der Waals surface area (Å²) in [4.78, 5) is 16.7. The average molecular weight is 372 g/mol. The lowest BCUT2D eigenvalue weighted by Crippen LogP contribution is -2.49. The Morgan fingerprint density at radius 1 is 1.12 bits per heavy atom. The van der Waals surface area contributed by atoms with Crippen LogP contribution in [-0.4, -0.2) is 48.6 Å². The Morgan fingerprint density at radius 2 is 1.96 bits per heavy atom. The largest absolute Gasteiger partial charge is 0.493 e. The highest BCUT2D eigenvalue weighted by atomic mass is 35.5. The summed E-state index contributed by atoms with van der Waals surface area (Å²) in [5.74, 6) is 1.02. The maximum atomic E-state index is 12.4. The number of ether oxygens (including phenoxy) is 1. The first-order chi connectivity index (χ1) is 12.7. The van der Waals surface area contributed by atoms with Crippen molar-refractivity contribution in [1.82, 2.24) is 9.80 Å². The van der Waals surface area contributed by atoms with Crippen molar-refractivity contribution in [3.8, 4) is 5.75 Å². The fourth-order valence-electron chi connectivity index (χ4n) is 3.47. The first-order valence-electron chi connectivity index (χ1n) is 8.96. The monoisotopic (exact) mass is 371 g/mol. The van der Waals surface area contributed by atoms with Gasteiger partial charge >= 0.3 is 6.03 Å². The van der Waals surface area contributed by atoms with Gasteiger partial charge < -0.3 is 15.0 Å². The Hall–Kier alpha value is -2.24. The summed E-state index contributed by atoms with van der Waals surface area (Å²) in [6.07, 6.45) is 1.00. The molecule has 0 atom stereocenters. The quantitative estimate of drug-likeness (QED) is 0.896. The van der Waals surface area contributed by atoms with Gasteiger partial charge in [-0.05, 0) is 35.4 Å². The van der Waals surface area contributed by atoms with Gasteiger partial charge in [0.25, 0.3) is 0 Å². The van der Waals surface area contributed by atoms with Gasteiger partial charge in [-0.25, -0.2) is 4.79 Å². The second kappa shape index (κ2) is 7.56. The van der Waals surface area contributed by atoms with Gasteiger partial charge in [-0.2, -0.15) is 0 Å². The molecule has 5 nitrogen and oxygen atoms in total. The van der Waals surface area contributed by atoms with E-state index >= 15 is 0 Å². The summed E-state index contributed by atoms with van der Waals surface area (Å²) >= 11 is 5.97. The molecule has 1 N–H and O–H groups in total. The van der Waals surface area contributed by atoms with Crippen molar-refractivity contribution in [2.24, 2.45) is 0 Å². The molecule has 26 heavy (non-hydrogen) atoms. The van der Waals surface area contributed by atoms with E-state index in [1.54, 1.807) is 12.1 Å². The number of hydrogen-bond donors (Lipinski definition) is 1. The third kappa shape index (κ3) is 3.94. The Kier molecular flexibility index (Phi) is 5.00. The molecular formula is C20H22ClN3O2. The molecule has 2 aliphatic heterocycles. The summed E-state index contributed by atoms with van der Waals surface area (Å²) < 4.78 is 5.57. The number of rotatable bonds is 3. The van der Waals surface area contributed by atoms with Crippen LogP contribution in [0.25, 0.3) is 0 Å². The van der Waals surface area contributed by atoms with Crippen LogP contribution in [0.4, 0.5) is 10.5 Å². The second-order valence-electron chi connectivity index (χ2n) is 6.74. The highest BCUT2D eigenvalue weighted by Crippen LogP contribution is 2.26. The van der Waals surface area contributed by atoms with Crippen molar-refractivity contribution in [2.45, 2.75) is 13.0 Å². The minimum absolute atomic E-state index is 0.0680. The molecule has 0 aliphatic carbocycles. The molecule has 2 aromatic rings. The molecule has 0 unspecified atom stereocenters. The maximum absolute atomic E-state index is 12.4. The van der Waals surface area contributed by atoms with Crippen LogP contribution in [0.2, 0.25) is 5.02 Å². The Labute approximate surface area is 158 Å². The smallest absolute Gasteiger partial charge is 0.321 e. The molecule has 2 heterocycles. The maximum Gasteiger partial charge on any atom is 0.321 e. The van der Waals surface area contributed by atoms with Crippen molar-refractivity contribution in [1.29, 1.82) is 0 Å². The van der Waals surface area contributed by atoms with Crippen molar-refractivity contribution < 1.29 is 9.53 Å². The third-order valence-corrected chi connectivity index (χ3v) is 5.13. The molecule has 0 radical (unpaired) electrons. The molecule has 2 aromatic carbocycles. The Balaban J connectivity index is 1.29. The topological polar surface area (TPSA) is 44.8 Å². The van der Waals surface area contributed by atoms with E-state index in [1.807, 2.05) is 17.0 Å². The van der Waals surface area contributed by atoms with Gasteiger partial charge in [0.05, 0.1) is 6.61 Å². The fourth-order valence-corrected chi connectivity index (χ4v) is 3.66. The minimum Gasteiger partial charge on any atom is -0.493 e.